The minimum atomic E-state index is -2.19. The summed E-state index contributed by atoms with van der Waals surface area (Å²) in [6.07, 6.45) is -1.71. The first kappa shape index (κ1) is 23.6. The Kier molecular flexibility index (Phi) is 5.54. The van der Waals surface area contributed by atoms with Crippen molar-refractivity contribution in [2.45, 2.75) is 23.2 Å². The molecule has 0 unspecified atom stereocenters. The summed E-state index contributed by atoms with van der Waals surface area (Å²) in [4.78, 5) is 12.8. The SMILES string of the molecule is COc1cc(OC)c2c(c1)O[C@@]1(c3ccc(Br)cc3)[C@H](c3cccc(F)c3)[C@@H](C(N)=O)[C@@H](O)[C@@]21O. The highest BCUT2D eigenvalue weighted by atomic mass is 79.9. The lowest BCUT2D eigenvalue weighted by Crippen LogP contribution is -2.52. The second kappa shape index (κ2) is 8.22. The summed E-state index contributed by atoms with van der Waals surface area (Å²) in [5.41, 5.74) is 2.79. The number of rotatable bonds is 5. The fourth-order valence-corrected chi connectivity index (χ4v) is 5.98. The zero-order valence-corrected chi connectivity index (χ0v) is 20.5. The maximum Gasteiger partial charge on any atom is 0.224 e. The number of methoxy groups -OCH3 is 2. The van der Waals surface area contributed by atoms with Gasteiger partial charge >= 0.3 is 0 Å². The van der Waals surface area contributed by atoms with Crippen LogP contribution < -0.4 is 19.9 Å². The van der Waals surface area contributed by atoms with E-state index >= 15 is 0 Å². The zero-order chi connectivity index (χ0) is 25.1. The molecule has 0 radical (unpaired) electrons. The molecule has 2 aliphatic rings. The van der Waals surface area contributed by atoms with Gasteiger partial charge in [-0.25, -0.2) is 4.39 Å². The van der Waals surface area contributed by atoms with E-state index in [-0.39, 0.29) is 17.1 Å². The maximum absolute atomic E-state index is 14.4. The predicted molar refractivity (Wildman–Crippen MR) is 128 cm³/mol. The van der Waals surface area contributed by atoms with Crippen molar-refractivity contribution in [2.75, 3.05) is 14.2 Å². The number of nitrogens with two attached hydrogens (primary N) is 1. The van der Waals surface area contributed by atoms with Crippen molar-refractivity contribution < 1.29 is 33.6 Å². The number of aliphatic hydroxyl groups excluding tert-OH is 1. The van der Waals surface area contributed by atoms with Gasteiger partial charge in [-0.3, -0.25) is 4.79 Å². The van der Waals surface area contributed by atoms with Gasteiger partial charge in [0.2, 0.25) is 5.91 Å². The van der Waals surface area contributed by atoms with Crippen molar-refractivity contribution in [2.24, 2.45) is 11.7 Å². The molecule has 1 heterocycles. The Morgan fingerprint density at radius 3 is 2.43 bits per heavy atom. The Balaban J connectivity index is 1.90. The van der Waals surface area contributed by atoms with Crippen LogP contribution in [0.1, 0.15) is 22.6 Å². The van der Waals surface area contributed by atoms with Gasteiger partial charge in [0.25, 0.3) is 0 Å². The Morgan fingerprint density at radius 2 is 1.83 bits per heavy atom. The third kappa shape index (κ3) is 3.11. The molecule has 1 amide bonds. The fourth-order valence-electron chi connectivity index (χ4n) is 5.72. The fraction of sp³-hybridized carbons (Fsp3) is 0.269. The van der Waals surface area contributed by atoms with E-state index in [2.05, 4.69) is 15.9 Å². The van der Waals surface area contributed by atoms with Crippen molar-refractivity contribution in [1.82, 2.24) is 0 Å². The summed E-state index contributed by atoms with van der Waals surface area (Å²) in [5, 5.41) is 24.2. The van der Waals surface area contributed by atoms with E-state index in [1.54, 1.807) is 42.5 Å². The van der Waals surface area contributed by atoms with E-state index in [0.29, 0.717) is 16.9 Å². The Hall–Kier alpha value is -3.14. The van der Waals surface area contributed by atoms with Gasteiger partial charge in [-0.15, -0.1) is 0 Å². The number of halogens is 2. The van der Waals surface area contributed by atoms with E-state index in [1.807, 2.05) is 0 Å². The molecule has 35 heavy (non-hydrogen) atoms. The zero-order valence-electron chi connectivity index (χ0n) is 18.9. The average Bonchev–Trinajstić information content (AvgIpc) is 3.21. The molecule has 182 valence electrons. The first-order valence-electron chi connectivity index (χ1n) is 10.9. The Bertz CT molecular complexity index is 1320. The first-order chi connectivity index (χ1) is 16.7. The maximum atomic E-state index is 14.4. The molecule has 5 atom stereocenters. The van der Waals surface area contributed by atoms with Gasteiger partial charge in [0, 0.05) is 22.5 Å². The quantitative estimate of drug-likeness (QED) is 0.455. The number of amides is 1. The number of fused-ring (bicyclic) bond motifs is 3. The van der Waals surface area contributed by atoms with Crippen molar-refractivity contribution in [3.05, 3.63) is 87.6 Å². The lowest BCUT2D eigenvalue weighted by Gasteiger charge is -2.40. The van der Waals surface area contributed by atoms with Crippen LogP contribution in [0.3, 0.4) is 0 Å². The molecule has 3 aromatic rings. The minimum absolute atomic E-state index is 0.154. The molecule has 1 fully saturated rings. The number of benzene rings is 3. The molecule has 9 heteroatoms. The molecule has 0 spiro atoms. The number of primary amides is 1. The summed E-state index contributed by atoms with van der Waals surface area (Å²) < 4.78 is 32.7. The van der Waals surface area contributed by atoms with E-state index in [0.717, 1.165) is 4.47 Å². The van der Waals surface area contributed by atoms with Crippen molar-refractivity contribution >= 4 is 21.8 Å². The standard InChI is InChI=1S/C26H23BrFNO6/c1-33-17-11-18(34-2)22-19(12-17)35-26(14-6-8-15(27)9-7-14)21(13-4-3-5-16(28)10-13)20(24(29)31)23(30)25(22,26)32/h3-12,20-21,23,30,32H,1-2H3,(H2,29,31)/t20-,21-,23-,25+,26+/m1/s1. The number of ether oxygens (including phenoxy) is 3. The molecular formula is C26H23BrFNO6. The van der Waals surface area contributed by atoms with Crippen LogP contribution in [-0.2, 0) is 16.0 Å². The van der Waals surface area contributed by atoms with Crippen LogP contribution in [0.25, 0.3) is 0 Å². The topological polar surface area (TPSA) is 111 Å². The first-order valence-corrected chi connectivity index (χ1v) is 11.6. The van der Waals surface area contributed by atoms with E-state index in [1.165, 1.54) is 32.4 Å². The highest BCUT2D eigenvalue weighted by molar-refractivity contribution is 9.10. The molecule has 0 bridgehead atoms. The largest absolute Gasteiger partial charge is 0.496 e. The third-order valence-electron chi connectivity index (χ3n) is 7.09. The number of carbonyl (C=O) groups is 1. The van der Waals surface area contributed by atoms with E-state index < -0.39 is 40.9 Å². The van der Waals surface area contributed by atoms with Crippen LogP contribution in [0.2, 0.25) is 0 Å². The molecule has 1 aliphatic carbocycles. The number of carbonyl (C=O) groups excluding carboxylic acids is 1. The molecule has 0 saturated heterocycles. The molecule has 4 N–H and O–H groups in total. The van der Waals surface area contributed by atoms with Crippen molar-refractivity contribution in [3.8, 4) is 17.2 Å². The third-order valence-corrected chi connectivity index (χ3v) is 7.62. The molecule has 0 aromatic heterocycles. The van der Waals surface area contributed by atoms with Gasteiger partial charge in [0.05, 0.1) is 25.7 Å². The highest BCUT2D eigenvalue weighted by Crippen LogP contribution is 2.70. The molecular weight excluding hydrogens is 521 g/mol. The van der Waals surface area contributed by atoms with Crippen LogP contribution in [0.4, 0.5) is 4.39 Å². The summed E-state index contributed by atoms with van der Waals surface area (Å²) >= 11 is 3.41. The van der Waals surface area contributed by atoms with Crippen LogP contribution >= 0.6 is 15.9 Å². The van der Waals surface area contributed by atoms with Crippen LogP contribution in [-0.4, -0.2) is 36.4 Å². The van der Waals surface area contributed by atoms with Crippen molar-refractivity contribution in [1.29, 1.82) is 0 Å². The predicted octanol–water partition coefficient (Wildman–Crippen LogP) is 3.34. The van der Waals surface area contributed by atoms with Gasteiger partial charge in [-0.2, -0.15) is 0 Å². The lowest BCUT2D eigenvalue weighted by atomic mass is 9.70. The van der Waals surface area contributed by atoms with Gasteiger partial charge in [0.15, 0.2) is 11.2 Å². The number of hydrogen-bond donors (Lipinski definition) is 3. The monoisotopic (exact) mass is 543 g/mol. The second-order valence-corrected chi connectivity index (χ2v) is 9.64. The van der Waals surface area contributed by atoms with Gasteiger partial charge in [0.1, 0.15) is 29.2 Å². The summed E-state index contributed by atoms with van der Waals surface area (Å²) in [6.45, 7) is 0. The molecule has 1 saturated carbocycles. The average molecular weight is 544 g/mol. The second-order valence-electron chi connectivity index (χ2n) is 8.72. The smallest absolute Gasteiger partial charge is 0.224 e. The van der Waals surface area contributed by atoms with Crippen LogP contribution in [0, 0.1) is 11.7 Å². The number of hydrogen-bond acceptors (Lipinski definition) is 6. The molecule has 3 aromatic carbocycles. The Morgan fingerprint density at radius 1 is 1.11 bits per heavy atom. The van der Waals surface area contributed by atoms with E-state index in [9.17, 15) is 19.4 Å². The van der Waals surface area contributed by atoms with Gasteiger partial charge in [-0.05, 0) is 35.4 Å². The van der Waals surface area contributed by atoms with Gasteiger partial charge in [-0.1, -0.05) is 40.2 Å². The summed E-state index contributed by atoms with van der Waals surface area (Å²) in [6, 6.07) is 15.7. The minimum Gasteiger partial charge on any atom is -0.496 e. The van der Waals surface area contributed by atoms with Crippen LogP contribution in [0.15, 0.2) is 65.1 Å². The highest BCUT2D eigenvalue weighted by Gasteiger charge is 2.77. The molecule has 1 aliphatic heterocycles. The molecule has 7 nitrogen and oxygen atoms in total. The number of aliphatic hydroxyl groups is 2. The molecule has 5 rings (SSSR count). The lowest BCUT2D eigenvalue weighted by molar-refractivity contribution is -0.154. The van der Waals surface area contributed by atoms with Crippen molar-refractivity contribution in [3.63, 3.8) is 0 Å². The van der Waals surface area contributed by atoms with Gasteiger partial charge < -0.3 is 30.2 Å². The normalized spacial score (nSPS) is 28.7. The summed E-state index contributed by atoms with van der Waals surface area (Å²) in [7, 11) is 2.89. The van der Waals surface area contributed by atoms with E-state index in [4.69, 9.17) is 19.9 Å². The summed E-state index contributed by atoms with van der Waals surface area (Å²) in [5.74, 6) is -2.97. The van der Waals surface area contributed by atoms with Crippen LogP contribution in [0.5, 0.6) is 17.2 Å². The Labute approximate surface area is 209 Å².